The van der Waals surface area contributed by atoms with E-state index >= 15 is 0 Å². The van der Waals surface area contributed by atoms with Crippen molar-refractivity contribution in [3.63, 3.8) is 0 Å². The second kappa shape index (κ2) is 14.3. The summed E-state index contributed by atoms with van der Waals surface area (Å²) < 4.78 is 45.4. The number of ether oxygens (including phenoxy) is 1. The fraction of sp³-hybridized carbons (Fsp3) is 0.515. The van der Waals surface area contributed by atoms with Crippen molar-refractivity contribution in [1.82, 2.24) is 20.0 Å². The van der Waals surface area contributed by atoms with E-state index in [4.69, 9.17) is 4.74 Å². The van der Waals surface area contributed by atoms with Gasteiger partial charge in [-0.3, -0.25) is 14.4 Å². The van der Waals surface area contributed by atoms with Crippen LogP contribution in [-0.2, 0) is 38.3 Å². The van der Waals surface area contributed by atoms with Gasteiger partial charge >= 0.3 is 12.3 Å². The number of nitrogens with zero attached hydrogens (tertiary/aromatic N) is 3. The van der Waals surface area contributed by atoms with Crippen LogP contribution in [0.2, 0.25) is 0 Å². The molecule has 45 heavy (non-hydrogen) atoms. The number of carbonyl (C=O) groups excluding carboxylic acids is 4. The van der Waals surface area contributed by atoms with Crippen molar-refractivity contribution in [3.05, 3.63) is 71.3 Å². The van der Waals surface area contributed by atoms with Crippen LogP contribution in [0.3, 0.4) is 0 Å². The normalized spacial score (nSPS) is 19.7. The molecule has 9 nitrogen and oxygen atoms in total. The monoisotopic (exact) mass is 630 g/mol. The standard InChI is InChI=1S/C33H41F3N4O5/c1-32(2,3)45-31(44)37-26-13-8-14-28(41)38(19-26)21-29(42)39-20-27(16-15-23-9-5-4-6-10-23)40(30(43)22-39)18-24-11-7-12-25(17-24)33(34,35)36/h4-7,9-12,17,26-27H,8,13-16,18-22H2,1-3H3,(H,37,44)/t26-,27+/m1/s1. The smallest absolute Gasteiger partial charge is 0.416 e. The number of carbonyl (C=O) groups is 4. The van der Waals surface area contributed by atoms with Crippen LogP contribution in [0.15, 0.2) is 54.6 Å². The number of nitrogens with one attached hydrogen (secondary N) is 1. The molecule has 0 radical (unpaired) electrons. The van der Waals surface area contributed by atoms with Gasteiger partial charge in [-0.15, -0.1) is 0 Å². The number of hydrogen-bond acceptors (Lipinski definition) is 5. The Kier molecular flexibility index (Phi) is 10.8. The van der Waals surface area contributed by atoms with E-state index in [1.165, 1.54) is 15.9 Å². The first-order valence-electron chi connectivity index (χ1n) is 15.2. The van der Waals surface area contributed by atoms with Crippen LogP contribution in [0, 0.1) is 0 Å². The van der Waals surface area contributed by atoms with E-state index < -0.39 is 41.4 Å². The Bertz CT molecular complexity index is 1360. The topological polar surface area (TPSA) is 99.3 Å². The van der Waals surface area contributed by atoms with Crippen molar-refractivity contribution in [2.75, 3.05) is 26.2 Å². The molecular weight excluding hydrogens is 589 g/mol. The molecule has 2 aliphatic heterocycles. The molecule has 0 saturated carbocycles. The lowest BCUT2D eigenvalue weighted by molar-refractivity contribution is -0.151. The highest BCUT2D eigenvalue weighted by Gasteiger charge is 2.37. The fourth-order valence-corrected chi connectivity index (χ4v) is 5.68. The third-order valence-electron chi connectivity index (χ3n) is 7.87. The molecule has 2 heterocycles. The van der Waals surface area contributed by atoms with Crippen molar-refractivity contribution in [2.45, 2.75) is 83.3 Å². The average Bonchev–Trinajstić information content (AvgIpc) is 3.12. The second-order valence-electron chi connectivity index (χ2n) is 12.7. The predicted molar refractivity (Wildman–Crippen MR) is 161 cm³/mol. The van der Waals surface area contributed by atoms with Crippen molar-refractivity contribution in [3.8, 4) is 0 Å². The molecule has 4 amide bonds. The van der Waals surface area contributed by atoms with Gasteiger partial charge in [-0.05, 0) is 69.7 Å². The van der Waals surface area contributed by atoms with E-state index in [9.17, 15) is 32.3 Å². The molecule has 12 heteroatoms. The van der Waals surface area contributed by atoms with E-state index in [2.05, 4.69) is 5.32 Å². The highest BCUT2D eigenvalue weighted by molar-refractivity contribution is 5.89. The highest BCUT2D eigenvalue weighted by Crippen LogP contribution is 2.30. The quantitative estimate of drug-likeness (QED) is 0.453. The largest absolute Gasteiger partial charge is 0.444 e. The summed E-state index contributed by atoms with van der Waals surface area (Å²) in [5.74, 6) is -0.998. The first-order chi connectivity index (χ1) is 21.2. The highest BCUT2D eigenvalue weighted by atomic mass is 19.4. The van der Waals surface area contributed by atoms with E-state index in [0.29, 0.717) is 31.2 Å². The van der Waals surface area contributed by atoms with E-state index in [1.54, 1.807) is 31.7 Å². The van der Waals surface area contributed by atoms with Crippen LogP contribution in [0.4, 0.5) is 18.0 Å². The number of halogens is 3. The maximum absolute atomic E-state index is 13.6. The first kappa shape index (κ1) is 33.8. The van der Waals surface area contributed by atoms with Crippen molar-refractivity contribution in [2.24, 2.45) is 0 Å². The summed E-state index contributed by atoms with van der Waals surface area (Å²) in [6.45, 7) is 5.04. The molecule has 0 spiro atoms. The summed E-state index contributed by atoms with van der Waals surface area (Å²) in [7, 11) is 0. The van der Waals surface area contributed by atoms with Gasteiger partial charge in [0.05, 0.1) is 24.7 Å². The molecule has 2 aliphatic rings. The molecule has 2 saturated heterocycles. The number of amides is 4. The maximum Gasteiger partial charge on any atom is 0.416 e. The molecule has 2 aromatic carbocycles. The Labute approximate surface area is 261 Å². The number of alkyl halides is 3. The number of hydrogen-bond donors (Lipinski definition) is 1. The molecule has 0 unspecified atom stereocenters. The third kappa shape index (κ3) is 9.95. The van der Waals surface area contributed by atoms with Crippen molar-refractivity contribution in [1.29, 1.82) is 0 Å². The summed E-state index contributed by atoms with van der Waals surface area (Å²) in [5, 5.41) is 2.80. The average molecular weight is 631 g/mol. The van der Waals surface area contributed by atoms with Crippen LogP contribution in [0.25, 0.3) is 0 Å². The molecule has 0 bridgehead atoms. The van der Waals surface area contributed by atoms with Gasteiger partial charge in [0.25, 0.3) is 0 Å². The Morgan fingerprint density at radius 2 is 1.67 bits per heavy atom. The summed E-state index contributed by atoms with van der Waals surface area (Å²) in [4.78, 5) is 56.7. The second-order valence-corrected chi connectivity index (χ2v) is 12.7. The van der Waals surface area contributed by atoms with Gasteiger partial charge < -0.3 is 24.8 Å². The van der Waals surface area contributed by atoms with E-state index in [1.807, 2.05) is 30.3 Å². The van der Waals surface area contributed by atoms with Crippen molar-refractivity contribution >= 4 is 23.8 Å². The zero-order valence-electron chi connectivity index (χ0n) is 25.9. The lowest BCUT2D eigenvalue weighted by atomic mass is 10.00. The molecule has 2 atom stereocenters. The lowest BCUT2D eigenvalue weighted by Gasteiger charge is -2.42. The molecule has 1 N–H and O–H groups in total. The molecule has 2 fully saturated rings. The predicted octanol–water partition coefficient (Wildman–Crippen LogP) is 4.78. The molecule has 4 rings (SSSR count). The van der Waals surface area contributed by atoms with Crippen LogP contribution >= 0.6 is 0 Å². The molecule has 0 aliphatic carbocycles. The SMILES string of the molecule is CC(C)(C)OC(=O)N[C@@H]1CCCC(=O)N(CC(=O)N2CC(=O)N(Cc3cccc(C(F)(F)F)c3)[C@@H](CCc3ccccc3)C2)C1. The fourth-order valence-electron chi connectivity index (χ4n) is 5.68. The van der Waals surface area contributed by atoms with Gasteiger partial charge in [0, 0.05) is 32.1 Å². The Hall–Kier alpha value is -4.09. The Morgan fingerprint density at radius 1 is 0.956 bits per heavy atom. The summed E-state index contributed by atoms with van der Waals surface area (Å²) in [6, 6.07) is 13.7. The number of piperazine rings is 1. The minimum absolute atomic E-state index is 0.0210. The zero-order valence-corrected chi connectivity index (χ0v) is 25.9. The summed E-state index contributed by atoms with van der Waals surface area (Å²) in [5.41, 5.74) is -0.0937. The van der Waals surface area contributed by atoms with Gasteiger partial charge in [0.1, 0.15) is 5.60 Å². The Morgan fingerprint density at radius 3 is 2.36 bits per heavy atom. The van der Waals surface area contributed by atoms with Crippen molar-refractivity contribution < 1.29 is 37.1 Å². The first-order valence-corrected chi connectivity index (χ1v) is 15.2. The van der Waals surface area contributed by atoms with Gasteiger partial charge in [-0.1, -0.05) is 42.5 Å². The van der Waals surface area contributed by atoms with Gasteiger partial charge in [-0.2, -0.15) is 13.2 Å². The summed E-state index contributed by atoms with van der Waals surface area (Å²) >= 11 is 0. The third-order valence-corrected chi connectivity index (χ3v) is 7.87. The number of aryl methyl sites for hydroxylation is 1. The molecular formula is C33H41F3N4O5. The van der Waals surface area contributed by atoms with E-state index in [-0.39, 0.29) is 51.0 Å². The van der Waals surface area contributed by atoms with Gasteiger partial charge in [0.2, 0.25) is 17.7 Å². The zero-order chi connectivity index (χ0) is 32.8. The van der Waals surface area contributed by atoms with Gasteiger partial charge in [0.15, 0.2) is 0 Å². The minimum Gasteiger partial charge on any atom is -0.444 e. The van der Waals surface area contributed by atoms with E-state index in [0.717, 1.165) is 17.7 Å². The molecule has 2 aromatic rings. The lowest BCUT2D eigenvalue weighted by Crippen LogP contribution is -2.59. The van der Waals surface area contributed by atoms with Crippen LogP contribution < -0.4 is 5.32 Å². The van der Waals surface area contributed by atoms with Crippen LogP contribution in [0.5, 0.6) is 0 Å². The van der Waals surface area contributed by atoms with Crippen LogP contribution in [-0.4, -0.2) is 82.4 Å². The van der Waals surface area contributed by atoms with Crippen LogP contribution in [0.1, 0.15) is 63.1 Å². The Balaban J connectivity index is 1.47. The number of rotatable bonds is 8. The number of benzene rings is 2. The minimum atomic E-state index is -4.51. The number of alkyl carbamates (subject to hydrolysis) is 1. The van der Waals surface area contributed by atoms with Gasteiger partial charge in [-0.25, -0.2) is 4.79 Å². The molecule has 0 aromatic heterocycles. The maximum atomic E-state index is 13.6. The molecule has 244 valence electrons. The number of likely N-dealkylation sites (tertiary alicyclic amines) is 1. The summed E-state index contributed by atoms with van der Waals surface area (Å²) in [6.07, 6.45) is -2.71.